The number of ether oxygens (including phenoxy) is 2. The molecule has 1 saturated heterocycles. The summed E-state index contributed by atoms with van der Waals surface area (Å²) < 4.78 is 9.83. The van der Waals surface area contributed by atoms with E-state index in [0.717, 1.165) is 0 Å². The number of carboxylic acids is 1. The lowest BCUT2D eigenvalue weighted by molar-refractivity contribution is -0.464. The Morgan fingerprint density at radius 3 is 2.19 bits per heavy atom. The molecule has 0 aromatic heterocycles. The first kappa shape index (κ1) is 28.7. The van der Waals surface area contributed by atoms with Gasteiger partial charge >= 0.3 is 11.9 Å². The van der Waals surface area contributed by atoms with Gasteiger partial charge in [0, 0.05) is 0 Å². The summed E-state index contributed by atoms with van der Waals surface area (Å²) in [5.41, 5.74) is 0. The van der Waals surface area contributed by atoms with E-state index in [1.54, 1.807) is 13.8 Å². The van der Waals surface area contributed by atoms with Crippen LogP contribution in [0.25, 0.3) is 0 Å². The Bertz CT molecular complexity index is 618. The van der Waals surface area contributed by atoms with E-state index in [1.165, 1.54) is 0 Å². The molecule has 1 rings (SSSR count). The van der Waals surface area contributed by atoms with Gasteiger partial charge in [-0.05, 0) is 12.3 Å². The predicted molar refractivity (Wildman–Crippen MR) is 103 cm³/mol. The van der Waals surface area contributed by atoms with Crippen molar-refractivity contribution in [1.29, 1.82) is 0 Å². The van der Waals surface area contributed by atoms with Crippen molar-refractivity contribution >= 4 is 11.8 Å². The molecule has 14 nitrogen and oxygen atoms in total. The molecule has 0 bridgehead atoms. The summed E-state index contributed by atoms with van der Waals surface area (Å²) in [6, 6.07) is -1.12. The van der Waals surface area contributed by atoms with Crippen LogP contribution in [0.1, 0.15) is 20.3 Å². The number of hydrogen-bond donors (Lipinski definition) is 10. The summed E-state index contributed by atoms with van der Waals surface area (Å²) in [7, 11) is 0. The molecule has 0 spiro atoms. The summed E-state index contributed by atoms with van der Waals surface area (Å²) in [6.07, 6.45) is -14.1. The van der Waals surface area contributed by atoms with E-state index in [2.05, 4.69) is 5.32 Å². The summed E-state index contributed by atoms with van der Waals surface area (Å²) in [4.78, 5) is 23.7. The van der Waals surface area contributed by atoms with Crippen LogP contribution in [-0.4, -0.2) is 132 Å². The van der Waals surface area contributed by atoms with Gasteiger partial charge in [0.25, 0.3) is 0 Å². The average Bonchev–Trinajstić information content (AvgIpc) is 2.74. The molecular formula is C18H33NO13. The summed E-state index contributed by atoms with van der Waals surface area (Å²) in [6.45, 7) is 0.829. The second-order valence-electron chi connectivity index (χ2n) is 8.04. The number of aliphatic carboxylic acids is 1. The molecule has 10 N–H and O–H groups in total. The molecule has 0 saturated carbocycles. The molecule has 9 atom stereocenters. The number of carbonyl (C=O) groups excluding carboxylic acids is 1. The van der Waals surface area contributed by atoms with E-state index >= 15 is 0 Å². The van der Waals surface area contributed by atoms with Crippen molar-refractivity contribution in [3.8, 4) is 0 Å². The molecule has 0 aliphatic carbocycles. The van der Waals surface area contributed by atoms with Crippen molar-refractivity contribution < 1.29 is 65.0 Å². The first-order valence-corrected chi connectivity index (χ1v) is 9.97. The average molecular weight is 471 g/mol. The molecule has 0 unspecified atom stereocenters. The fourth-order valence-electron chi connectivity index (χ4n) is 3.13. The third-order valence-corrected chi connectivity index (χ3v) is 4.97. The lowest BCUT2D eigenvalue weighted by atomic mass is 9.97. The highest BCUT2D eigenvalue weighted by Gasteiger charge is 2.56. The Balaban J connectivity index is 2.99. The highest BCUT2D eigenvalue weighted by Crippen LogP contribution is 2.31. The Labute approximate surface area is 183 Å². The fraction of sp³-hybridized carbons (Fsp3) is 0.889. The van der Waals surface area contributed by atoms with Crippen LogP contribution >= 0.6 is 0 Å². The molecule has 188 valence electrons. The Morgan fingerprint density at radius 1 is 1.12 bits per heavy atom. The molecule has 1 fully saturated rings. The molecular weight excluding hydrogens is 438 g/mol. The van der Waals surface area contributed by atoms with Gasteiger partial charge in [-0.25, -0.2) is 0 Å². The van der Waals surface area contributed by atoms with Gasteiger partial charge in [-0.3, -0.25) is 14.9 Å². The van der Waals surface area contributed by atoms with Crippen molar-refractivity contribution in [2.75, 3.05) is 19.8 Å². The van der Waals surface area contributed by atoms with Crippen LogP contribution in [0.3, 0.4) is 0 Å². The Morgan fingerprint density at radius 2 is 1.72 bits per heavy atom. The van der Waals surface area contributed by atoms with Gasteiger partial charge in [0.15, 0.2) is 11.9 Å². The Hall–Kier alpha value is -1.30. The van der Waals surface area contributed by atoms with Crippen molar-refractivity contribution in [2.45, 2.75) is 75.0 Å². The zero-order valence-corrected chi connectivity index (χ0v) is 17.7. The van der Waals surface area contributed by atoms with E-state index in [9.17, 15) is 55.5 Å². The third kappa shape index (κ3) is 7.10. The molecule has 1 heterocycles. The minimum Gasteiger partial charge on any atom is -0.480 e. The van der Waals surface area contributed by atoms with Gasteiger partial charge in [-0.15, -0.1) is 0 Å². The van der Waals surface area contributed by atoms with Crippen LogP contribution in [0.15, 0.2) is 0 Å². The quantitative estimate of drug-likeness (QED) is 0.113. The van der Waals surface area contributed by atoms with Crippen molar-refractivity contribution in [1.82, 2.24) is 5.32 Å². The number of carbonyl (C=O) groups is 2. The highest BCUT2D eigenvalue weighted by atomic mass is 16.8. The number of aliphatic hydroxyl groups is 8. The highest BCUT2D eigenvalue weighted by molar-refractivity contribution is 5.86. The van der Waals surface area contributed by atoms with Gasteiger partial charge < -0.3 is 55.4 Å². The smallest absolute Gasteiger partial charge is 0.320 e. The van der Waals surface area contributed by atoms with Gasteiger partial charge in [0.2, 0.25) is 0 Å². The van der Waals surface area contributed by atoms with Crippen molar-refractivity contribution in [2.24, 2.45) is 5.92 Å². The van der Waals surface area contributed by atoms with E-state index in [4.69, 9.17) is 9.47 Å². The normalized spacial score (nSPS) is 32.3. The second-order valence-corrected chi connectivity index (χ2v) is 8.04. The van der Waals surface area contributed by atoms with Gasteiger partial charge in [0.05, 0.1) is 19.8 Å². The largest absolute Gasteiger partial charge is 0.480 e. The zero-order chi connectivity index (χ0) is 24.8. The Kier molecular flexibility index (Phi) is 11.0. The van der Waals surface area contributed by atoms with E-state index < -0.39 is 86.3 Å². The number of rotatable bonds is 13. The van der Waals surface area contributed by atoms with E-state index in [1.807, 2.05) is 0 Å². The SMILES string of the molecule is CC(C)C[C@@H](NCC(=O)[C@@H](O)[C@H](O[C@@]1(O)O[C@H](CO)[C@H](O)[C@H](O)[C@H]1O)[C@H](O)CO)C(=O)O. The molecule has 14 heteroatoms. The maximum Gasteiger partial charge on any atom is 0.320 e. The first-order valence-electron chi connectivity index (χ1n) is 9.97. The van der Waals surface area contributed by atoms with Crippen LogP contribution in [-0.2, 0) is 19.1 Å². The van der Waals surface area contributed by atoms with Crippen LogP contribution < -0.4 is 5.32 Å². The minimum absolute atomic E-state index is 0.0312. The molecule has 32 heavy (non-hydrogen) atoms. The van der Waals surface area contributed by atoms with Gasteiger partial charge in [-0.1, -0.05) is 13.8 Å². The molecule has 0 amide bonds. The lowest BCUT2D eigenvalue weighted by Gasteiger charge is -2.46. The predicted octanol–water partition coefficient (Wildman–Crippen LogP) is -5.14. The van der Waals surface area contributed by atoms with Crippen molar-refractivity contribution in [3.05, 3.63) is 0 Å². The monoisotopic (exact) mass is 471 g/mol. The second kappa shape index (κ2) is 12.2. The van der Waals surface area contributed by atoms with E-state index in [0.29, 0.717) is 0 Å². The molecule has 1 aliphatic rings. The van der Waals surface area contributed by atoms with Crippen LogP contribution in [0.2, 0.25) is 0 Å². The fourth-order valence-corrected chi connectivity index (χ4v) is 3.13. The standard InChI is InChI=1S/C18H33NO13/c1-7(2)3-8(17(28)29)19-4-9(22)12(24)15(10(23)5-20)32-18(30)16(27)14(26)13(25)11(6-21)31-18/h7-8,10-16,19-21,23-27,30H,3-6H2,1-2H3,(H,28,29)/t8-,10-,11-,12-,13+,14+,15-,16-,18+/m1/s1. The summed E-state index contributed by atoms with van der Waals surface area (Å²) in [5, 5.41) is 90.6. The number of nitrogens with one attached hydrogen (secondary N) is 1. The minimum atomic E-state index is -3.21. The first-order chi connectivity index (χ1) is 14.8. The number of carboxylic acid groups (broad SMARTS) is 1. The lowest BCUT2D eigenvalue weighted by Crippen LogP contribution is -2.68. The molecule has 0 aromatic rings. The third-order valence-electron chi connectivity index (χ3n) is 4.97. The number of aliphatic hydroxyl groups excluding tert-OH is 7. The van der Waals surface area contributed by atoms with Gasteiger partial charge in [0.1, 0.15) is 42.7 Å². The molecule has 0 radical (unpaired) electrons. The summed E-state index contributed by atoms with van der Waals surface area (Å²) >= 11 is 0. The zero-order valence-electron chi connectivity index (χ0n) is 17.7. The molecule has 0 aromatic carbocycles. The van der Waals surface area contributed by atoms with E-state index in [-0.39, 0.29) is 12.3 Å². The van der Waals surface area contributed by atoms with Crippen molar-refractivity contribution in [3.63, 3.8) is 0 Å². The number of hydrogen-bond acceptors (Lipinski definition) is 13. The summed E-state index contributed by atoms with van der Waals surface area (Å²) in [5.74, 6) is -5.56. The van der Waals surface area contributed by atoms with Gasteiger partial charge in [-0.2, -0.15) is 0 Å². The maximum atomic E-state index is 12.4. The topological polar surface area (TPSA) is 247 Å². The van der Waals surface area contributed by atoms with Crippen LogP contribution in [0, 0.1) is 5.92 Å². The number of ketones is 1. The van der Waals surface area contributed by atoms with Crippen LogP contribution in [0.5, 0.6) is 0 Å². The molecule has 1 aliphatic heterocycles. The van der Waals surface area contributed by atoms with Crippen LogP contribution in [0.4, 0.5) is 0 Å². The number of Topliss-reactive ketones (excluding diaryl/α,β-unsaturated/α-hetero) is 1. The maximum absolute atomic E-state index is 12.4.